The molecule has 0 spiro atoms. The van der Waals surface area contributed by atoms with Gasteiger partial charge in [-0.2, -0.15) is 49.2 Å². The van der Waals surface area contributed by atoms with Crippen molar-refractivity contribution in [3.8, 4) is 0 Å². The Morgan fingerprint density at radius 2 is 1.05 bits per heavy atom. The van der Waals surface area contributed by atoms with E-state index >= 15 is 0 Å². The van der Waals surface area contributed by atoms with Gasteiger partial charge in [0.1, 0.15) is 89.8 Å². The normalized spacial score (nSPS) is 28.4. The summed E-state index contributed by atoms with van der Waals surface area (Å²) in [6, 6.07) is 0.646. The summed E-state index contributed by atoms with van der Waals surface area (Å²) in [4.78, 5) is 81.6. The molecule has 0 aromatic carbocycles. The molecule has 0 unspecified atom stereocenters. The Morgan fingerprint density at radius 3 is 1.64 bits per heavy atom. The summed E-state index contributed by atoms with van der Waals surface area (Å²) in [5.74, 6) is 1.55. The molecule has 0 radical (unpaired) electrons. The van der Waals surface area contributed by atoms with Gasteiger partial charge in [-0.1, -0.05) is 12.2 Å². The highest BCUT2D eigenvalue weighted by molar-refractivity contribution is 6.29. The molecular formula is C65H81Cl2F2N31O18. The number of hydrogen-bond donors (Lipinski definition) is 20. The van der Waals surface area contributed by atoms with Crippen LogP contribution in [0.2, 0.25) is 10.6 Å². The van der Waals surface area contributed by atoms with Gasteiger partial charge in [-0.15, -0.1) is 0 Å². The Morgan fingerprint density at radius 1 is 0.508 bits per heavy atom. The fourth-order valence-corrected chi connectivity index (χ4v) is 14.3. The Bertz CT molecular complexity index is 5550. The van der Waals surface area contributed by atoms with Crippen molar-refractivity contribution < 1.29 is 93.7 Å². The molecule has 7 aliphatic rings. The Balaban J connectivity index is 0.000000116. The molecule has 12 aromatic rings. The number of nitrogen functional groups attached to an aromatic ring is 6. The minimum atomic E-state index is -1.74. The standard InChI is InChI=1S/C14H18N6O.C11H15N5O4.C10H11ClFN5O3.C10H12ClN5O3.C10H12FN5O4.C10H13N5O3/c15-14-18-12(17-9-2-3-9)11-13(19-14)20(7-16-11)10-4-1-8(5-10)6-21;1-11(19)7(18)5(2-17)20-10(11)16-4-15-6-8(12)13-3-14-9(6)16;11-10-15-7(13)5-8(16-10)17(2-14-5)9-4(12)6(19)3(1-18)20-9;11-10-14-8(12)7-9(15-10)16(3-13-7)6-1-4(18)5(2-17)19-6;11-10-14-7(12)4-8(15-10)16(2-13-4)9-6(19)5(18)3(1-17)20-9;11-10-13-8-7(9(17)14-10)12-4-15(8)6-2-1-5(3-16)18-6/h1,4,7-10,21H,2-3,5-6H2,(H3,15,17,18,19);3-5,7,10,17-19H,2H2,1H3,(H2,12,13,14);2-4,6,9,18-19H,1H2,(H2,13,15,16);3-6,17-18H,1-2H2,(H2,12,14,15);2-3,5-6,9,17-19H,1H2,(H2,12,14,15);4-6,16H,1-3H2,(H3,11,13,14,17)/t8-,10+;5-,7-,10-,11-;3-,4+,6-,9-;4-,5+,6+;3-,5-,6+,9-;5-,6+/m111010/s1. The van der Waals surface area contributed by atoms with Gasteiger partial charge in [0.15, 0.2) is 104 Å². The predicted octanol–water partition coefficient (Wildman–Crippen LogP) is -3.61. The molecule has 6 fully saturated rings. The number of halogens is 4. The second-order valence-electron chi connectivity index (χ2n) is 28.1. The summed E-state index contributed by atoms with van der Waals surface area (Å²) < 4.78 is 63.8. The van der Waals surface area contributed by atoms with Crippen LogP contribution in [0.1, 0.15) is 82.6 Å². The predicted molar refractivity (Wildman–Crippen MR) is 406 cm³/mol. The van der Waals surface area contributed by atoms with Gasteiger partial charge >= 0.3 is 6.08 Å². The van der Waals surface area contributed by atoms with E-state index in [1.807, 2.05) is 10.6 Å². The van der Waals surface area contributed by atoms with E-state index in [2.05, 4.69) is 101 Å². The van der Waals surface area contributed by atoms with Gasteiger partial charge < -0.3 is 129 Å². The molecular weight excluding hydrogens is 1610 g/mol. The second-order valence-corrected chi connectivity index (χ2v) is 28.8. The van der Waals surface area contributed by atoms with Crippen molar-refractivity contribution in [2.45, 2.75) is 161 Å². The van der Waals surface area contributed by atoms with Gasteiger partial charge in [0.25, 0.3) is 5.56 Å². The third-order valence-corrected chi connectivity index (χ3v) is 20.6. The van der Waals surface area contributed by atoms with Crippen molar-refractivity contribution >= 4 is 131 Å². The number of alkyl halides is 1. The largest absolute Gasteiger partial charge is 0.396 e. The second kappa shape index (κ2) is 34.6. The van der Waals surface area contributed by atoms with Crippen LogP contribution in [0.25, 0.3) is 67.0 Å². The number of ether oxygens (including phenoxy) is 5. The number of rotatable bonds is 14. The number of H-pyrrole nitrogens is 1. The summed E-state index contributed by atoms with van der Waals surface area (Å²) in [7, 11) is 0. The van der Waals surface area contributed by atoms with Crippen LogP contribution >= 0.6 is 23.2 Å². The van der Waals surface area contributed by atoms with E-state index in [1.54, 1.807) is 15.5 Å². The van der Waals surface area contributed by atoms with Crippen molar-refractivity contribution in [2.75, 3.05) is 79.4 Å². The Kier molecular flexibility index (Phi) is 24.6. The van der Waals surface area contributed by atoms with Crippen molar-refractivity contribution in [1.29, 1.82) is 0 Å². The fraction of sp³-hybridized carbons (Fsp3) is 0.508. The Labute approximate surface area is 669 Å². The highest BCUT2D eigenvalue weighted by Crippen LogP contribution is 2.42. The summed E-state index contributed by atoms with van der Waals surface area (Å²) in [5, 5.41) is 117. The van der Waals surface area contributed by atoms with Crippen LogP contribution in [-0.2, 0) is 23.7 Å². The first-order valence-corrected chi connectivity index (χ1v) is 37.1. The van der Waals surface area contributed by atoms with E-state index in [9.17, 15) is 54.4 Å². The van der Waals surface area contributed by atoms with Gasteiger partial charge in [0.2, 0.25) is 22.5 Å². The van der Waals surface area contributed by atoms with Gasteiger partial charge in [-0.3, -0.25) is 32.6 Å². The third-order valence-electron chi connectivity index (χ3n) is 20.2. The molecule has 12 aromatic heterocycles. The fourth-order valence-electron chi connectivity index (χ4n) is 14.0. The van der Waals surface area contributed by atoms with Crippen LogP contribution < -0.4 is 45.3 Å². The Hall–Kier alpha value is -10.8. The van der Waals surface area contributed by atoms with E-state index in [4.69, 9.17) is 102 Å². The van der Waals surface area contributed by atoms with Crippen molar-refractivity contribution in [3.05, 3.63) is 83.4 Å². The van der Waals surface area contributed by atoms with Crippen molar-refractivity contribution in [1.82, 2.24) is 117 Å². The van der Waals surface area contributed by atoms with Gasteiger partial charge in [-0.05, 0) is 62.2 Å². The van der Waals surface area contributed by atoms with Crippen LogP contribution in [0, 0.1) is 12.0 Å². The lowest BCUT2D eigenvalue weighted by molar-refractivity contribution is -0.0950. The number of fused-ring (bicyclic) bond motifs is 6. The number of anilines is 7. The van der Waals surface area contributed by atoms with Gasteiger partial charge in [0, 0.05) is 25.0 Å². The van der Waals surface area contributed by atoms with Crippen LogP contribution in [0.4, 0.5) is 49.8 Å². The number of nitrogens with zero attached hydrogens (tertiary/aromatic N) is 23. The van der Waals surface area contributed by atoms with Crippen LogP contribution in [0.5, 0.6) is 0 Å². The molecule has 26 N–H and O–H groups in total. The average Bonchev–Trinajstić information content (AvgIpc) is 1.60. The first-order valence-electron chi connectivity index (χ1n) is 36.3. The quantitative estimate of drug-likeness (QED) is 0.0369. The molecule has 19 rings (SSSR count). The number of aromatic amines is 1. The lowest BCUT2D eigenvalue weighted by atomic mass is 9.96. The molecule has 2 aliphatic carbocycles. The maximum Gasteiger partial charge on any atom is 0.312 e. The van der Waals surface area contributed by atoms with E-state index in [0.29, 0.717) is 40.4 Å². The molecule has 0 bridgehead atoms. The maximum atomic E-state index is 14.1. The minimum absolute atomic E-state index is 0.0146. The molecule has 5 aliphatic heterocycles. The maximum absolute atomic E-state index is 14.1. The number of hydrogen-bond acceptors (Lipinski definition) is 42. The summed E-state index contributed by atoms with van der Waals surface area (Å²) in [6.07, 6.45) is 2.87. The minimum Gasteiger partial charge on any atom is -0.396 e. The lowest BCUT2D eigenvalue weighted by Gasteiger charge is -2.27. The zero-order valence-electron chi connectivity index (χ0n) is 61.7. The zero-order chi connectivity index (χ0) is 84.0. The summed E-state index contributed by atoms with van der Waals surface area (Å²) >= 11 is 11.5. The smallest absolute Gasteiger partial charge is 0.312 e. The molecule has 17 heterocycles. The van der Waals surface area contributed by atoms with E-state index in [1.165, 1.54) is 58.6 Å². The summed E-state index contributed by atoms with van der Waals surface area (Å²) in [5.41, 5.74) is 36.4. The van der Waals surface area contributed by atoms with E-state index < -0.39 is 118 Å². The molecule has 0 amide bonds. The molecule has 53 heteroatoms. The number of imidazole rings is 6. The number of nitrogens with two attached hydrogens (primary N) is 6. The van der Waals surface area contributed by atoms with Gasteiger partial charge in [0.05, 0.1) is 89.2 Å². The highest BCUT2D eigenvalue weighted by atomic mass is 35.5. The monoisotopic (exact) mass is 1690 g/mol. The average molecular weight is 1690 g/mol. The number of nitrogens with one attached hydrogen (secondary N) is 2. The lowest BCUT2D eigenvalue weighted by Crippen LogP contribution is -2.44. The number of allylic oxidation sites excluding steroid dienone is 1. The number of aromatic nitrogens is 24. The molecule has 1 saturated carbocycles. The molecule has 5 saturated heterocycles. The zero-order valence-corrected chi connectivity index (χ0v) is 63.2. The SMILES string of the molecule is C[C@@]1(O)[C@H](O)[C@@H](CO)O[C@H]1n1cnc2c(N)ncnc21.Nc1nc(Cl)nc2c1ncn2[C@@H]1O[C@H](CO)[C@@H](O)[C@@H]1F.Nc1nc(Cl)nc2c1ncn2[C@H]1C[C@H](O)[C@@H](CO)O1.Nc1nc(F)nc2c1ncn2[C@@H]1O[C@H](CO)[C@@H](O)[C@@H]1O.Nc1nc(NC2CC2)c2ncn([C@H]3C=C[C@@H](CO)C3)c2n1.Nc1nc2c(ncn2[C@H]2CC[C@@H](CO)O2)c(=O)[nH]1. The number of aliphatic hydroxyl groups excluding tert-OH is 11. The summed E-state index contributed by atoms with van der Waals surface area (Å²) in [6.45, 7) is -0.0337. The van der Waals surface area contributed by atoms with Crippen LogP contribution in [0.15, 0.2) is 61.2 Å². The van der Waals surface area contributed by atoms with Crippen molar-refractivity contribution in [2.24, 2.45) is 5.92 Å². The first-order chi connectivity index (χ1) is 56.5. The third kappa shape index (κ3) is 16.6. The molecule has 19 atom stereocenters. The molecule has 49 nitrogen and oxygen atoms in total. The van der Waals surface area contributed by atoms with E-state index in [0.717, 1.165) is 49.1 Å². The number of aliphatic hydroxyl groups is 12. The van der Waals surface area contributed by atoms with Crippen molar-refractivity contribution in [3.63, 3.8) is 0 Å². The highest BCUT2D eigenvalue weighted by Gasteiger charge is 2.54. The van der Waals surface area contributed by atoms with Crippen LogP contribution in [-0.4, -0.2) is 297 Å². The van der Waals surface area contributed by atoms with E-state index in [-0.39, 0.29) is 123 Å². The van der Waals surface area contributed by atoms with Crippen LogP contribution in [0.3, 0.4) is 0 Å². The first kappa shape index (κ1) is 83.7. The molecule has 632 valence electrons. The molecule has 118 heavy (non-hydrogen) atoms. The topological polar surface area (TPSA) is 739 Å². The van der Waals surface area contributed by atoms with Gasteiger partial charge in [-0.25, -0.2) is 44.3 Å².